The molecule has 4 nitrogen and oxygen atoms in total. The highest BCUT2D eigenvalue weighted by molar-refractivity contribution is 5.78. The van der Waals surface area contributed by atoms with Crippen molar-refractivity contribution < 1.29 is 14.3 Å². The van der Waals surface area contributed by atoms with Crippen molar-refractivity contribution in [3.8, 4) is 0 Å². The van der Waals surface area contributed by atoms with Crippen molar-refractivity contribution in [2.45, 2.75) is 52.2 Å². The molecule has 1 aliphatic rings. The zero-order chi connectivity index (χ0) is 12.4. The topological polar surface area (TPSA) is 61.6 Å². The second kappa shape index (κ2) is 4.72. The Kier molecular flexibility index (Phi) is 3.97. The van der Waals surface area contributed by atoms with Crippen LogP contribution < -0.4 is 5.73 Å². The third-order valence-corrected chi connectivity index (χ3v) is 3.06. The molecule has 4 heteroatoms. The molecule has 0 aromatic heterocycles. The minimum atomic E-state index is -0.564. The van der Waals surface area contributed by atoms with Crippen LogP contribution in [0.4, 0.5) is 0 Å². The summed E-state index contributed by atoms with van der Waals surface area (Å²) in [5, 5.41) is 0. The molecule has 0 aromatic rings. The Morgan fingerprint density at radius 3 is 2.25 bits per heavy atom. The van der Waals surface area contributed by atoms with Gasteiger partial charge in [-0.2, -0.15) is 0 Å². The lowest BCUT2D eigenvalue weighted by molar-refractivity contribution is -0.175. The van der Waals surface area contributed by atoms with Crippen molar-refractivity contribution in [3.63, 3.8) is 0 Å². The van der Waals surface area contributed by atoms with Gasteiger partial charge in [0.05, 0.1) is 5.41 Å². The zero-order valence-electron chi connectivity index (χ0n) is 10.7. The summed E-state index contributed by atoms with van der Waals surface area (Å²) in [7, 11) is 0. The van der Waals surface area contributed by atoms with Crippen molar-refractivity contribution in [1.82, 2.24) is 0 Å². The monoisotopic (exact) mass is 229 g/mol. The number of rotatable bonds is 2. The molecule has 0 aliphatic carbocycles. The summed E-state index contributed by atoms with van der Waals surface area (Å²) in [4.78, 5) is 12.2. The number of carbonyl (C=O) groups is 1. The van der Waals surface area contributed by atoms with Gasteiger partial charge in [0, 0.05) is 19.3 Å². The van der Waals surface area contributed by atoms with E-state index in [1.165, 1.54) is 0 Å². The highest BCUT2D eigenvalue weighted by Crippen LogP contribution is 2.36. The van der Waals surface area contributed by atoms with Crippen molar-refractivity contribution in [1.29, 1.82) is 0 Å². The van der Waals surface area contributed by atoms with Gasteiger partial charge < -0.3 is 15.2 Å². The van der Waals surface area contributed by atoms with Gasteiger partial charge >= 0.3 is 5.97 Å². The molecule has 1 heterocycles. The van der Waals surface area contributed by atoms with Gasteiger partial charge in [0.25, 0.3) is 0 Å². The fraction of sp³-hybridized carbons (Fsp3) is 0.917. The summed E-state index contributed by atoms with van der Waals surface area (Å²) >= 11 is 0. The van der Waals surface area contributed by atoms with Gasteiger partial charge in [0.1, 0.15) is 5.60 Å². The van der Waals surface area contributed by atoms with Crippen LogP contribution in [0.2, 0.25) is 0 Å². The molecule has 16 heavy (non-hydrogen) atoms. The first-order chi connectivity index (χ1) is 7.28. The minimum Gasteiger partial charge on any atom is -0.459 e. The predicted octanol–water partition coefficient (Wildman–Crippen LogP) is 1.47. The average molecular weight is 229 g/mol. The lowest BCUT2D eigenvalue weighted by Gasteiger charge is -2.39. The fourth-order valence-electron chi connectivity index (χ4n) is 1.96. The Bertz CT molecular complexity index is 249. The summed E-state index contributed by atoms with van der Waals surface area (Å²) in [6, 6.07) is -0.203. The minimum absolute atomic E-state index is 0.182. The molecule has 1 atom stereocenters. The quantitative estimate of drug-likeness (QED) is 0.728. The first-order valence-corrected chi connectivity index (χ1v) is 5.85. The fourth-order valence-corrected chi connectivity index (χ4v) is 1.96. The molecule has 1 rings (SSSR count). The van der Waals surface area contributed by atoms with Gasteiger partial charge in [-0.1, -0.05) is 0 Å². The van der Waals surface area contributed by atoms with E-state index in [0.29, 0.717) is 26.1 Å². The Hall–Kier alpha value is -0.610. The van der Waals surface area contributed by atoms with Gasteiger partial charge in [0.15, 0.2) is 0 Å². The van der Waals surface area contributed by atoms with Crippen molar-refractivity contribution in [2.75, 3.05) is 13.2 Å². The van der Waals surface area contributed by atoms with E-state index in [1.54, 1.807) is 0 Å². The summed E-state index contributed by atoms with van der Waals surface area (Å²) in [5.41, 5.74) is 4.94. The van der Waals surface area contributed by atoms with E-state index in [2.05, 4.69) is 0 Å². The van der Waals surface area contributed by atoms with Gasteiger partial charge in [-0.25, -0.2) is 0 Å². The van der Waals surface area contributed by atoms with E-state index in [-0.39, 0.29) is 12.0 Å². The second-order valence-corrected chi connectivity index (χ2v) is 5.56. The Balaban J connectivity index is 2.81. The molecular weight excluding hydrogens is 206 g/mol. The number of hydrogen-bond donors (Lipinski definition) is 1. The van der Waals surface area contributed by atoms with Gasteiger partial charge in [-0.05, 0) is 40.5 Å². The van der Waals surface area contributed by atoms with Crippen LogP contribution in [0.5, 0.6) is 0 Å². The third kappa shape index (κ3) is 2.95. The number of ether oxygens (including phenoxy) is 2. The van der Waals surface area contributed by atoms with Crippen LogP contribution in [0.3, 0.4) is 0 Å². The summed E-state index contributed by atoms with van der Waals surface area (Å²) in [6.07, 6.45) is 1.30. The number of esters is 1. The van der Waals surface area contributed by atoms with E-state index < -0.39 is 11.0 Å². The van der Waals surface area contributed by atoms with Crippen LogP contribution in [0.25, 0.3) is 0 Å². The predicted molar refractivity (Wildman–Crippen MR) is 62.0 cm³/mol. The molecule has 0 spiro atoms. The van der Waals surface area contributed by atoms with E-state index in [9.17, 15) is 4.79 Å². The maximum Gasteiger partial charge on any atom is 0.314 e. The van der Waals surface area contributed by atoms with E-state index in [0.717, 1.165) is 0 Å². The highest BCUT2D eigenvalue weighted by Gasteiger charge is 2.45. The molecule has 1 saturated heterocycles. The van der Waals surface area contributed by atoms with Crippen molar-refractivity contribution >= 4 is 5.97 Å². The molecule has 1 fully saturated rings. The first-order valence-electron chi connectivity index (χ1n) is 5.85. The molecular formula is C12H23NO3. The Labute approximate surface area is 97.5 Å². The number of carbonyl (C=O) groups excluding carboxylic acids is 1. The second-order valence-electron chi connectivity index (χ2n) is 5.56. The lowest BCUT2D eigenvalue weighted by atomic mass is 9.74. The standard InChI is InChI=1S/C12H23NO3/c1-9(13)12(5-7-15-8-6-12)10(14)16-11(2,3)4/h9H,5-8,13H2,1-4H3. The Morgan fingerprint density at radius 2 is 1.88 bits per heavy atom. The van der Waals surface area contributed by atoms with Gasteiger partial charge in [-0.3, -0.25) is 4.79 Å². The lowest BCUT2D eigenvalue weighted by Crippen LogP contribution is -2.51. The summed E-state index contributed by atoms with van der Waals surface area (Å²) in [6.45, 7) is 8.66. The van der Waals surface area contributed by atoms with Crippen LogP contribution in [0.1, 0.15) is 40.5 Å². The molecule has 0 saturated carbocycles. The van der Waals surface area contributed by atoms with Crippen molar-refractivity contribution in [3.05, 3.63) is 0 Å². The molecule has 0 aromatic carbocycles. The van der Waals surface area contributed by atoms with Crippen LogP contribution in [0.15, 0.2) is 0 Å². The molecule has 0 bridgehead atoms. The van der Waals surface area contributed by atoms with E-state index >= 15 is 0 Å². The molecule has 0 amide bonds. The van der Waals surface area contributed by atoms with Crippen LogP contribution in [0, 0.1) is 5.41 Å². The Morgan fingerprint density at radius 1 is 1.38 bits per heavy atom. The third-order valence-electron chi connectivity index (χ3n) is 3.06. The van der Waals surface area contributed by atoms with Crippen LogP contribution >= 0.6 is 0 Å². The molecule has 0 radical (unpaired) electrons. The smallest absolute Gasteiger partial charge is 0.314 e. The first kappa shape index (κ1) is 13.5. The van der Waals surface area contributed by atoms with Gasteiger partial charge in [-0.15, -0.1) is 0 Å². The summed E-state index contributed by atoms with van der Waals surface area (Å²) in [5.74, 6) is -0.182. The van der Waals surface area contributed by atoms with E-state index in [4.69, 9.17) is 15.2 Å². The maximum absolute atomic E-state index is 12.2. The molecule has 2 N–H and O–H groups in total. The number of hydrogen-bond acceptors (Lipinski definition) is 4. The maximum atomic E-state index is 12.2. The highest BCUT2D eigenvalue weighted by atomic mass is 16.6. The largest absolute Gasteiger partial charge is 0.459 e. The molecule has 94 valence electrons. The van der Waals surface area contributed by atoms with E-state index in [1.807, 2.05) is 27.7 Å². The number of nitrogens with two attached hydrogens (primary N) is 1. The molecule has 1 unspecified atom stereocenters. The average Bonchev–Trinajstić information content (AvgIpc) is 2.16. The normalized spacial score (nSPS) is 22.6. The zero-order valence-corrected chi connectivity index (χ0v) is 10.7. The van der Waals surface area contributed by atoms with Gasteiger partial charge in [0.2, 0.25) is 0 Å². The summed E-state index contributed by atoms with van der Waals surface area (Å²) < 4.78 is 10.8. The van der Waals surface area contributed by atoms with Crippen molar-refractivity contribution in [2.24, 2.45) is 11.1 Å². The van der Waals surface area contributed by atoms with Crippen LogP contribution in [-0.2, 0) is 14.3 Å². The molecule has 1 aliphatic heterocycles. The van der Waals surface area contributed by atoms with Crippen LogP contribution in [-0.4, -0.2) is 30.8 Å². The SMILES string of the molecule is CC(N)C1(C(=O)OC(C)(C)C)CCOCC1.